The Labute approximate surface area is 48.2 Å². The molecule has 0 amide bonds. The second kappa shape index (κ2) is 2.55. The molecule has 2 nitrogen and oxygen atoms in total. The normalized spacial score (nSPS) is 31.3. The lowest BCUT2D eigenvalue weighted by Gasteiger charge is -1.96. The summed E-state index contributed by atoms with van der Waals surface area (Å²) in [5.74, 6) is 0. The zero-order chi connectivity index (χ0) is 5.11. The maximum Gasteiger partial charge on any atom is 0.0341 e. The van der Waals surface area contributed by atoms with Crippen molar-refractivity contribution in [1.82, 2.24) is 10.3 Å². The summed E-state index contributed by atoms with van der Waals surface area (Å²) in [6, 6.07) is 0. The molecule has 1 aliphatic heterocycles. The Morgan fingerprint density at radius 2 is 2.71 bits per heavy atom. The van der Waals surface area contributed by atoms with Crippen LogP contribution in [0.2, 0.25) is 0 Å². The van der Waals surface area contributed by atoms with E-state index in [1.807, 2.05) is 0 Å². The van der Waals surface area contributed by atoms with Crippen LogP contribution in [0.3, 0.4) is 0 Å². The van der Waals surface area contributed by atoms with Crippen LogP contribution in [0.4, 0.5) is 0 Å². The van der Waals surface area contributed by atoms with Gasteiger partial charge < -0.3 is 0 Å². The zero-order valence-corrected chi connectivity index (χ0v) is 5.22. The molecule has 0 aromatic carbocycles. The Kier molecular flexibility index (Phi) is 1.97. The first kappa shape index (κ1) is 5.41. The molecule has 1 fully saturated rings. The van der Waals surface area contributed by atoms with E-state index in [1.165, 1.54) is 6.42 Å². The number of hydrogen-bond donors (Lipinski definition) is 2. The molecule has 0 radical (unpaired) electrons. The van der Waals surface area contributed by atoms with Crippen molar-refractivity contribution in [2.24, 2.45) is 0 Å². The molecule has 0 bridgehead atoms. The van der Waals surface area contributed by atoms with Crippen molar-refractivity contribution in [3.63, 3.8) is 0 Å². The summed E-state index contributed by atoms with van der Waals surface area (Å²) in [6.07, 6.45) is 1.25. The van der Waals surface area contributed by atoms with Crippen molar-refractivity contribution in [3.05, 3.63) is 0 Å². The van der Waals surface area contributed by atoms with Crippen molar-refractivity contribution in [2.75, 3.05) is 6.54 Å². The van der Waals surface area contributed by atoms with Gasteiger partial charge in [-0.05, 0) is 6.42 Å². The minimum atomic E-state index is 0.792. The van der Waals surface area contributed by atoms with Crippen LogP contribution in [-0.4, -0.2) is 11.8 Å². The van der Waals surface area contributed by atoms with E-state index >= 15 is 0 Å². The maximum absolute atomic E-state index is 3.04. The third-order valence-corrected chi connectivity index (χ3v) is 2.18. The van der Waals surface area contributed by atoms with Crippen molar-refractivity contribution in [3.8, 4) is 0 Å². The quantitative estimate of drug-likeness (QED) is 0.491. The smallest absolute Gasteiger partial charge is 0.0341 e. The lowest BCUT2D eigenvalue weighted by molar-refractivity contribution is 0.696. The minimum Gasteiger partial charge on any atom is -0.247 e. The summed E-state index contributed by atoms with van der Waals surface area (Å²) in [7, 11) is 0. The van der Waals surface area contributed by atoms with E-state index in [4.69, 9.17) is 0 Å². The zero-order valence-electron chi connectivity index (χ0n) is 4.40. The van der Waals surface area contributed by atoms with Gasteiger partial charge in [0, 0.05) is 11.8 Å². The molecule has 2 N–H and O–H groups in total. The second-order valence-electron chi connectivity index (χ2n) is 1.63. The van der Waals surface area contributed by atoms with E-state index in [1.54, 1.807) is 11.9 Å². The molecule has 7 heavy (non-hydrogen) atoms. The molecule has 1 unspecified atom stereocenters. The molecule has 42 valence electrons. The first-order valence-electron chi connectivity index (χ1n) is 2.57. The molecule has 0 saturated carbocycles. The van der Waals surface area contributed by atoms with Crippen molar-refractivity contribution in [2.45, 2.75) is 18.6 Å². The fourth-order valence-electron chi connectivity index (χ4n) is 0.550. The lowest BCUT2D eigenvalue weighted by atomic mass is 10.3. The van der Waals surface area contributed by atoms with Gasteiger partial charge in [0.2, 0.25) is 0 Å². The molecule has 1 heterocycles. The fourth-order valence-corrected chi connectivity index (χ4v) is 1.22. The third kappa shape index (κ3) is 1.33. The van der Waals surface area contributed by atoms with Crippen LogP contribution in [0.25, 0.3) is 0 Å². The first-order valence-corrected chi connectivity index (χ1v) is 3.45. The highest BCUT2D eigenvalue weighted by atomic mass is 32.2. The Hall–Kier alpha value is 0.270. The maximum atomic E-state index is 3.04. The minimum absolute atomic E-state index is 0.792. The van der Waals surface area contributed by atoms with Gasteiger partial charge in [-0.15, -0.1) is 0 Å². The van der Waals surface area contributed by atoms with Crippen LogP contribution >= 0.6 is 11.9 Å². The number of rotatable bonds is 1. The summed E-state index contributed by atoms with van der Waals surface area (Å²) < 4.78 is 0. The van der Waals surface area contributed by atoms with E-state index in [9.17, 15) is 0 Å². The van der Waals surface area contributed by atoms with Crippen molar-refractivity contribution >= 4 is 11.9 Å². The molecule has 0 aliphatic carbocycles. The predicted octanol–water partition coefficient (Wildman–Crippen LogP) is 0.521. The largest absolute Gasteiger partial charge is 0.247 e. The van der Waals surface area contributed by atoms with Gasteiger partial charge in [-0.2, -0.15) is 0 Å². The molecule has 1 saturated heterocycles. The SMILES string of the molecule is CCC1CNNS1. The van der Waals surface area contributed by atoms with Gasteiger partial charge in [0.25, 0.3) is 0 Å². The van der Waals surface area contributed by atoms with Gasteiger partial charge in [-0.25, -0.2) is 10.3 Å². The van der Waals surface area contributed by atoms with Gasteiger partial charge >= 0.3 is 0 Å². The lowest BCUT2D eigenvalue weighted by Crippen LogP contribution is -2.18. The highest BCUT2D eigenvalue weighted by Gasteiger charge is 2.10. The molecule has 0 aromatic heterocycles. The molecule has 1 atom stereocenters. The van der Waals surface area contributed by atoms with E-state index < -0.39 is 0 Å². The summed E-state index contributed by atoms with van der Waals surface area (Å²) >= 11 is 1.78. The first-order chi connectivity index (χ1) is 3.43. The third-order valence-electron chi connectivity index (χ3n) is 1.08. The topological polar surface area (TPSA) is 24.1 Å². The standard InChI is InChI=1S/C4H10N2S/c1-2-4-3-5-6-7-4/h4-6H,2-3H2,1H3. The van der Waals surface area contributed by atoms with Crippen LogP contribution in [0.1, 0.15) is 13.3 Å². The monoisotopic (exact) mass is 118 g/mol. The van der Waals surface area contributed by atoms with Gasteiger partial charge in [0.05, 0.1) is 0 Å². The van der Waals surface area contributed by atoms with Crippen LogP contribution in [0.15, 0.2) is 0 Å². The van der Waals surface area contributed by atoms with Crippen LogP contribution in [0, 0.1) is 0 Å². The van der Waals surface area contributed by atoms with E-state index in [2.05, 4.69) is 17.2 Å². The van der Waals surface area contributed by atoms with Crippen molar-refractivity contribution < 1.29 is 0 Å². The average Bonchev–Trinajstić information content (AvgIpc) is 2.14. The molecular weight excluding hydrogens is 108 g/mol. The summed E-state index contributed by atoms with van der Waals surface area (Å²) in [5, 5.41) is 0.792. The Morgan fingerprint density at radius 3 is 3.00 bits per heavy atom. The van der Waals surface area contributed by atoms with Crippen molar-refractivity contribution in [1.29, 1.82) is 0 Å². The van der Waals surface area contributed by atoms with E-state index in [0.29, 0.717) is 0 Å². The summed E-state index contributed by atoms with van der Waals surface area (Å²) in [6.45, 7) is 3.31. The molecular formula is C4H10N2S. The fraction of sp³-hybridized carbons (Fsp3) is 1.00. The van der Waals surface area contributed by atoms with Gasteiger partial charge in [-0.3, -0.25) is 0 Å². The number of nitrogens with one attached hydrogen (secondary N) is 2. The van der Waals surface area contributed by atoms with Gasteiger partial charge in [0.1, 0.15) is 0 Å². The summed E-state index contributed by atoms with van der Waals surface area (Å²) in [4.78, 5) is 2.99. The molecule has 0 spiro atoms. The van der Waals surface area contributed by atoms with Crippen LogP contribution < -0.4 is 10.3 Å². The molecule has 1 rings (SSSR count). The molecule has 1 aliphatic rings. The van der Waals surface area contributed by atoms with Gasteiger partial charge in [-0.1, -0.05) is 18.9 Å². The molecule has 0 aromatic rings. The molecule has 3 heteroatoms. The van der Waals surface area contributed by atoms with Crippen LogP contribution in [0.5, 0.6) is 0 Å². The van der Waals surface area contributed by atoms with E-state index in [-0.39, 0.29) is 0 Å². The van der Waals surface area contributed by atoms with Gasteiger partial charge in [0.15, 0.2) is 0 Å². The average molecular weight is 118 g/mol. The second-order valence-corrected chi connectivity index (χ2v) is 2.74. The van der Waals surface area contributed by atoms with E-state index in [0.717, 1.165) is 11.8 Å². The highest BCUT2D eigenvalue weighted by Crippen LogP contribution is 2.11. The predicted molar refractivity (Wildman–Crippen MR) is 32.8 cm³/mol. The summed E-state index contributed by atoms with van der Waals surface area (Å²) in [5.41, 5.74) is 3.04. The Morgan fingerprint density at radius 1 is 1.86 bits per heavy atom. The number of hydrogen-bond acceptors (Lipinski definition) is 3. The Balaban J connectivity index is 2.14. The Bertz CT molecular complexity index is 51.7. The van der Waals surface area contributed by atoms with Crippen LogP contribution in [-0.2, 0) is 0 Å². The highest BCUT2D eigenvalue weighted by molar-refractivity contribution is 7.98. The number of hydrazine groups is 1.